The average Bonchev–Trinajstić information content (AvgIpc) is 2.12. The topological polar surface area (TPSA) is 109 Å². The van der Waals surface area contributed by atoms with Crippen LogP contribution in [0.15, 0.2) is 34.6 Å². The molecule has 17 heavy (non-hydrogen) atoms. The maximum atomic E-state index is 10.7. The Hall–Kier alpha value is 0.0397. The molecule has 0 aliphatic carbocycles. The minimum Gasteiger partial charge on any atom is -1.00 e. The number of benzene rings is 1. The normalized spacial score (nSPS) is 11.4. The van der Waals surface area contributed by atoms with Crippen LogP contribution in [0.5, 0.6) is 0 Å². The Morgan fingerprint density at radius 1 is 1.00 bits per heavy atom. The van der Waals surface area contributed by atoms with Gasteiger partial charge < -0.3 is 2.85 Å². The van der Waals surface area contributed by atoms with Gasteiger partial charge in [0.2, 0.25) is 4.24 Å². The van der Waals surface area contributed by atoms with Crippen LogP contribution in [0.3, 0.4) is 0 Å². The van der Waals surface area contributed by atoms with Crippen LogP contribution in [0.4, 0.5) is 0 Å². The van der Waals surface area contributed by atoms with E-state index in [1.54, 1.807) is 6.07 Å². The Bertz CT molecular complexity index is 578. The Morgan fingerprint density at radius 3 is 1.76 bits per heavy atom. The maximum Gasteiger partial charge on any atom is 2.00 e. The third-order valence-electron chi connectivity index (χ3n) is 1.59. The average molecular weight is 306 g/mol. The summed E-state index contributed by atoms with van der Waals surface area (Å²) >= 11 is 0. The first kappa shape index (κ1) is 17.0. The summed E-state index contributed by atoms with van der Waals surface area (Å²) in [5.74, 6) is 0. The molecular weight excluding hydrogens is 296 g/mol. The van der Waals surface area contributed by atoms with Crippen LogP contribution in [0.25, 0.3) is 6.08 Å². The van der Waals surface area contributed by atoms with Crippen LogP contribution < -0.4 is 0 Å². The van der Waals surface area contributed by atoms with Crippen molar-refractivity contribution in [3.8, 4) is 0 Å². The van der Waals surface area contributed by atoms with E-state index in [0.29, 0.717) is 6.08 Å². The molecule has 92 valence electrons. The number of hydrogen-bond acceptors (Lipinski definition) is 4. The molecule has 2 N–H and O–H groups in total. The van der Waals surface area contributed by atoms with Gasteiger partial charge in [0.1, 0.15) is 0 Å². The molecule has 6 nitrogen and oxygen atoms in total. The van der Waals surface area contributed by atoms with Crippen molar-refractivity contribution >= 4 is 64.1 Å². The van der Waals surface area contributed by atoms with Gasteiger partial charge in [-0.1, -0.05) is 30.3 Å². The molecule has 0 saturated heterocycles. The van der Waals surface area contributed by atoms with Crippen molar-refractivity contribution in [3.05, 3.63) is 40.1 Å². The van der Waals surface area contributed by atoms with Crippen molar-refractivity contribution in [2.24, 2.45) is 0 Å². The quantitative estimate of drug-likeness (QED) is 0.625. The van der Waals surface area contributed by atoms with Gasteiger partial charge in [0.15, 0.2) is 0 Å². The third-order valence-corrected chi connectivity index (χ3v) is 4.11. The van der Waals surface area contributed by atoms with E-state index < -0.39 is 24.5 Å². The van der Waals surface area contributed by atoms with E-state index in [1.165, 1.54) is 24.3 Å². The van der Waals surface area contributed by atoms with E-state index in [4.69, 9.17) is 9.11 Å². The van der Waals surface area contributed by atoms with Gasteiger partial charge in [-0.3, -0.25) is 9.11 Å². The smallest absolute Gasteiger partial charge is 1.00 e. The van der Waals surface area contributed by atoms with Crippen molar-refractivity contribution in [2.75, 3.05) is 0 Å². The molecule has 0 aliphatic rings. The van der Waals surface area contributed by atoms with Gasteiger partial charge in [0, 0.05) is 0 Å². The van der Waals surface area contributed by atoms with E-state index >= 15 is 0 Å². The van der Waals surface area contributed by atoms with E-state index in [9.17, 15) is 16.8 Å². The van der Waals surface area contributed by atoms with Gasteiger partial charge in [-0.05, 0) is 11.6 Å². The molecule has 0 spiro atoms. The van der Waals surface area contributed by atoms with Gasteiger partial charge in [0.05, 0.1) is 0 Å². The summed E-state index contributed by atoms with van der Waals surface area (Å²) in [5, 5.41) is 0. The molecule has 0 aliphatic heterocycles. The first-order chi connectivity index (χ1) is 7.21. The van der Waals surface area contributed by atoms with Crippen molar-refractivity contribution < 1.29 is 28.8 Å². The van der Waals surface area contributed by atoms with Crippen molar-refractivity contribution in [1.29, 1.82) is 0 Å². The summed E-state index contributed by atoms with van der Waals surface area (Å²) in [6.45, 7) is 0. The minimum atomic E-state index is -5.00. The van der Waals surface area contributed by atoms with Crippen LogP contribution in [0.1, 0.15) is 8.42 Å². The first-order valence-electron chi connectivity index (χ1n) is 3.93. The number of rotatable bonds is 3. The maximum absolute atomic E-state index is 10.7. The van der Waals surface area contributed by atoms with Gasteiger partial charge in [-0.15, -0.1) is 0 Å². The van der Waals surface area contributed by atoms with Gasteiger partial charge in [0.25, 0.3) is 0 Å². The largest absolute Gasteiger partial charge is 2.00 e. The van der Waals surface area contributed by atoms with Crippen molar-refractivity contribution in [1.82, 2.24) is 0 Å². The van der Waals surface area contributed by atoms with E-state index in [1.807, 2.05) is 0 Å². The molecule has 0 aromatic heterocycles. The summed E-state index contributed by atoms with van der Waals surface area (Å²) < 4.78 is 58.7. The Kier molecular flexibility index (Phi) is 6.29. The van der Waals surface area contributed by atoms with Crippen LogP contribution in [0.2, 0.25) is 0 Å². The second-order valence-corrected chi connectivity index (χ2v) is 5.86. The monoisotopic (exact) mass is 306 g/mol. The predicted octanol–water partition coefficient (Wildman–Crippen LogP) is 0.605. The standard InChI is InChI=1S/C8H8O6S2.Ca.2H/c9-15(10,11)8(16(12,13)14)6-7-4-2-1-3-5-7;;;/h1-6H,(H,9,10,11)(H,12,13,14);;;/q;+2;2*-1. The molecule has 0 unspecified atom stereocenters. The molecule has 0 radical (unpaired) electrons. The van der Waals surface area contributed by atoms with Crippen LogP contribution >= 0.6 is 0 Å². The zero-order valence-electron chi connectivity index (χ0n) is 10.5. The molecular formula is C8H10CaO6S2. The fourth-order valence-corrected chi connectivity index (χ4v) is 2.60. The van der Waals surface area contributed by atoms with Gasteiger partial charge >= 0.3 is 58.0 Å². The predicted molar refractivity (Wildman–Crippen MR) is 65.5 cm³/mol. The molecule has 0 fully saturated rings. The van der Waals surface area contributed by atoms with Gasteiger partial charge in [-0.2, -0.15) is 16.8 Å². The first-order valence-corrected chi connectivity index (χ1v) is 6.81. The fraction of sp³-hybridized carbons (Fsp3) is 0. The molecule has 1 aromatic carbocycles. The van der Waals surface area contributed by atoms with E-state index in [2.05, 4.69) is 0 Å². The third kappa shape index (κ3) is 5.47. The molecule has 0 atom stereocenters. The molecule has 0 heterocycles. The Labute approximate surface area is 132 Å². The molecule has 0 amide bonds. The summed E-state index contributed by atoms with van der Waals surface area (Å²) in [4.78, 5) is 0. The van der Waals surface area contributed by atoms with Crippen molar-refractivity contribution in [3.63, 3.8) is 0 Å². The van der Waals surface area contributed by atoms with Gasteiger partial charge in [-0.25, -0.2) is 0 Å². The molecule has 0 bridgehead atoms. The summed E-state index contributed by atoms with van der Waals surface area (Å²) in [7, 11) is -10.00. The van der Waals surface area contributed by atoms with E-state index in [-0.39, 0.29) is 46.2 Å². The molecule has 9 heteroatoms. The SMILES string of the molecule is O=S(=O)(O)C(=Cc1ccccc1)S(=O)(=O)O.[Ca+2].[H-].[H-]. The summed E-state index contributed by atoms with van der Waals surface area (Å²) in [5.41, 5.74) is 0.216. The van der Waals surface area contributed by atoms with E-state index in [0.717, 1.165) is 0 Å². The summed E-state index contributed by atoms with van der Waals surface area (Å²) in [6, 6.07) is 7.54. The van der Waals surface area contributed by atoms with Crippen LogP contribution in [-0.4, -0.2) is 63.7 Å². The second-order valence-electron chi connectivity index (χ2n) is 2.82. The zero-order valence-corrected chi connectivity index (χ0v) is 12.4. The van der Waals surface area contributed by atoms with Crippen LogP contribution in [0, 0.1) is 0 Å². The van der Waals surface area contributed by atoms with Crippen LogP contribution in [-0.2, 0) is 20.2 Å². The summed E-state index contributed by atoms with van der Waals surface area (Å²) in [6.07, 6.45) is 0.657. The molecule has 1 rings (SSSR count). The molecule has 1 aromatic rings. The minimum absolute atomic E-state index is 0. The Morgan fingerprint density at radius 2 is 1.41 bits per heavy atom. The second kappa shape index (κ2) is 6.28. The molecule has 0 saturated carbocycles. The Balaban J connectivity index is -0.000000853. The fourth-order valence-electron chi connectivity index (χ4n) is 0.967. The zero-order chi connectivity index (χ0) is 12.4. The number of hydrogen-bond donors (Lipinski definition) is 2. The van der Waals surface area contributed by atoms with Crippen molar-refractivity contribution in [2.45, 2.75) is 0 Å².